The van der Waals surface area contributed by atoms with Crippen molar-refractivity contribution in [1.29, 1.82) is 0 Å². The molecule has 4 heteroatoms. The lowest BCUT2D eigenvalue weighted by molar-refractivity contribution is 1.29. The standard InChI is InChI=1S/C14H8N2S2/c1-2-11-12(16-5-4-15-11)7-9(1)10-8-18-13-3-6-17-14(10)13/h1-8H. The molecule has 0 atom stereocenters. The zero-order valence-corrected chi connectivity index (χ0v) is 11.0. The first-order chi connectivity index (χ1) is 8.92. The number of fused-ring (bicyclic) bond motifs is 2. The lowest BCUT2D eigenvalue weighted by atomic mass is 10.1. The normalized spacial score (nSPS) is 11.3. The highest BCUT2D eigenvalue weighted by molar-refractivity contribution is 7.26. The Morgan fingerprint density at radius 3 is 2.72 bits per heavy atom. The van der Waals surface area contributed by atoms with Crippen LogP contribution in [0.25, 0.3) is 31.6 Å². The fourth-order valence-corrected chi connectivity index (χ4v) is 4.23. The van der Waals surface area contributed by atoms with E-state index in [1.54, 1.807) is 35.1 Å². The summed E-state index contributed by atoms with van der Waals surface area (Å²) in [7, 11) is 0. The van der Waals surface area contributed by atoms with Crippen LogP contribution in [0.2, 0.25) is 0 Å². The molecule has 0 aliphatic carbocycles. The van der Waals surface area contributed by atoms with E-state index in [1.807, 2.05) is 6.07 Å². The third kappa shape index (κ3) is 1.46. The van der Waals surface area contributed by atoms with Crippen LogP contribution in [0.3, 0.4) is 0 Å². The zero-order chi connectivity index (χ0) is 11.9. The SMILES string of the molecule is c1cnc2cc(-c3csc4ccsc34)ccc2n1. The molecule has 0 fully saturated rings. The minimum Gasteiger partial charge on any atom is -0.253 e. The average molecular weight is 268 g/mol. The molecule has 2 nitrogen and oxygen atoms in total. The van der Waals surface area contributed by atoms with Crippen LogP contribution < -0.4 is 0 Å². The van der Waals surface area contributed by atoms with Crippen LogP contribution in [0.15, 0.2) is 47.4 Å². The molecule has 0 spiro atoms. The van der Waals surface area contributed by atoms with E-state index in [2.05, 4.69) is 38.9 Å². The summed E-state index contributed by atoms with van der Waals surface area (Å²) < 4.78 is 2.72. The van der Waals surface area contributed by atoms with Crippen LogP contribution in [0.4, 0.5) is 0 Å². The van der Waals surface area contributed by atoms with Gasteiger partial charge in [0, 0.05) is 28.0 Å². The summed E-state index contributed by atoms with van der Waals surface area (Å²) in [5.41, 5.74) is 4.42. The second kappa shape index (κ2) is 3.86. The predicted molar refractivity (Wildman–Crippen MR) is 78.2 cm³/mol. The van der Waals surface area contributed by atoms with E-state index in [-0.39, 0.29) is 0 Å². The van der Waals surface area contributed by atoms with Gasteiger partial charge in [-0.15, -0.1) is 22.7 Å². The van der Waals surface area contributed by atoms with Crippen molar-refractivity contribution in [2.75, 3.05) is 0 Å². The van der Waals surface area contributed by atoms with Gasteiger partial charge >= 0.3 is 0 Å². The van der Waals surface area contributed by atoms with E-state index >= 15 is 0 Å². The number of aromatic nitrogens is 2. The maximum absolute atomic E-state index is 4.36. The highest BCUT2D eigenvalue weighted by Gasteiger charge is 2.08. The molecule has 0 unspecified atom stereocenters. The van der Waals surface area contributed by atoms with Crippen molar-refractivity contribution in [3.63, 3.8) is 0 Å². The second-order valence-electron chi connectivity index (χ2n) is 4.02. The molecule has 0 saturated carbocycles. The van der Waals surface area contributed by atoms with Crippen LogP contribution in [-0.2, 0) is 0 Å². The van der Waals surface area contributed by atoms with E-state index in [1.165, 1.54) is 20.5 Å². The first kappa shape index (κ1) is 10.2. The van der Waals surface area contributed by atoms with Crippen LogP contribution in [0.1, 0.15) is 0 Å². The van der Waals surface area contributed by atoms with Gasteiger partial charge in [0.15, 0.2) is 0 Å². The average Bonchev–Trinajstić information content (AvgIpc) is 3.00. The number of thiophene rings is 2. The summed E-state index contributed by atoms with van der Waals surface area (Å²) in [4.78, 5) is 8.66. The van der Waals surface area contributed by atoms with Crippen LogP contribution in [0.5, 0.6) is 0 Å². The van der Waals surface area contributed by atoms with Gasteiger partial charge < -0.3 is 0 Å². The van der Waals surface area contributed by atoms with Crippen molar-refractivity contribution < 1.29 is 0 Å². The summed E-state index contributed by atoms with van der Waals surface area (Å²) in [5.74, 6) is 0. The highest BCUT2D eigenvalue weighted by Crippen LogP contribution is 2.37. The topological polar surface area (TPSA) is 25.8 Å². The first-order valence-electron chi connectivity index (χ1n) is 5.58. The zero-order valence-electron chi connectivity index (χ0n) is 9.33. The van der Waals surface area contributed by atoms with Crippen molar-refractivity contribution in [3.05, 3.63) is 47.4 Å². The van der Waals surface area contributed by atoms with Crippen molar-refractivity contribution >= 4 is 43.1 Å². The van der Waals surface area contributed by atoms with Gasteiger partial charge in [-0.1, -0.05) is 6.07 Å². The summed E-state index contributed by atoms with van der Waals surface area (Å²) >= 11 is 3.59. The molecular formula is C14H8N2S2. The Hall–Kier alpha value is -1.78. The molecule has 4 rings (SSSR count). The smallest absolute Gasteiger partial charge is 0.0892 e. The molecule has 0 N–H and O–H groups in total. The lowest BCUT2D eigenvalue weighted by Gasteiger charge is -2.00. The van der Waals surface area contributed by atoms with Gasteiger partial charge in [0.1, 0.15) is 0 Å². The molecule has 18 heavy (non-hydrogen) atoms. The Morgan fingerprint density at radius 2 is 1.78 bits per heavy atom. The molecule has 3 aromatic heterocycles. The molecule has 0 saturated heterocycles. The minimum absolute atomic E-state index is 0.943. The van der Waals surface area contributed by atoms with E-state index in [9.17, 15) is 0 Å². The number of benzene rings is 1. The first-order valence-corrected chi connectivity index (χ1v) is 7.33. The number of rotatable bonds is 1. The monoisotopic (exact) mass is 268 g/mol. The molecule has 0 amide bonds. The quantitative estimate of drug-likeness (QED) is 0.505. The molecule has 86 valence electrons. The van der Waals surface area contributed by atoms with E-state index in [0.29, 0.717) is 0 Å². The largest absolute Gasteiger partial charge is 0.253 e. The van der Waals surface area contributed by atoms with Crippen LogP contribution in [0, 0.1) is 0 Å². The molecular weight excluding hydrogens is 260 g/mol. The molecule has 1 aromatic carbocycles. The molecule has 0 aliphatic rings. The van der Waals surface area contributed by atoms with Gasteiger partial charge in [-0.2, -0.15) is 0 Å². The van der Waals surface area contributed by atoms with Gasteiger partial charge in [0.25, 0.3) is 0 Å². The van der Waals surface area contributed by atoms with Gasteiger partial charge in [0.2, 0.25) is 0 Å². The van der Waals surface area contributed by atoms with E-state index in [0.717, 1.165) is 11.0 Å². The van der Waals surface area contributed by atoms with Gasteiger partial charge in [-0.05, 0) is 29.1 Å². The van der Waals surface area contributed by atoms with Crippen LogP contribution in [-0.4, -0.2) is 9.97 Å². The summed E-state index contributed by atoms with van der Waals surface area (Å²) in [6.07, 6.45) is 3.46. The molecule has 0 bridgehead atoms. The van der Waals surface area contributed by atoms with Crippen molar-refractivity contribution in [2.45, 2.75) is 0 Å². The fourth-order valence-electron chi connectivity index (χ4n) is 2.09. The van der Waals surface area contributed by atoms with E-state index in [4.69, 9.17) is 0 Å². The Balaban J connectivity index is 1.99. The molecule has 0 aliphatic heterocycles. The summed E-state index contributed by atoms with van der Waals surface area (Å²) in [6.45, 7) is 0. The summed E-state index contributed by atoms with van der Waals surface area (Å²) in [6, 6.07) is 8.45. The third-order valence-electron chi connectivity index (χ3n) is 2.96. The summed E-state index contributed by atoms with van der Waals surface area (Å²) in [5, 5.41) is 4.37. The van der Waals surface area contributed by atoms with Gasteiger partial charge in [-0.25, -0.2) is 0 Å². The Morgan fingerprint density at radius 1 is 0.889 bits per heavy atom. The maximum Gasteiger partial charge on any atom is 0.0892 e. The molecule has 0 radical (unpaired) electrons. The molecule has 3 heterocycles. The highest BCUT2D eigenvalue weighted by atomic mass is 32.1. The van der Waals surface area contributed by atoms with Crippen molar-refractivity contribution in [2.24, 2.45) is 0 Å². The Kier molecular flexibility index (Phi) is 2.18. The third-order valence-corrected chi connectivity index (χ3v) is 4.98. The lowest BCUT2D eigenvalue weighted by Crippen LogP contribution is -1.82. The van der Waals surface area contributed by atoms with Gasteiger partial charge in [-0.3, -0.25) is 9.97 Å². The number of hydrogen-bond acceptors (Lipinski definition) is 4. The van der Waals surface area contributed by atoms with E-state index < -0.39 is 0 Å². The van der Waals surface area contributed by atoms with Gasteiger partial charge in [0.05, 0.1) is 15.7 Å². The van der Waals surface area contributed by atoms with Crippen LogP contribution >= 0.6 is 22.7 Å². The fraction of sp³-hybridized carbons (Fsp3) is 0. The Bertz CT molecular complexity index is 845. The second-order valence-corrected chi connectivity index (χ2v) is 5.85. The number of hydrogen-bond donors (Lipinski definition) is 0. The van der Waals surface area contributed by atoms with Crippen molar-refractivity contribution in [1.82, 2.24) is 9.97 Å². The Labute approximate surface area is 112 Å². The predicted octanol–water partition coefficient (Wildman–Crippen LogP) is 4.57. The molecule has 4 aromatic rings. The number of nitrogens with zero attached hydrogens (tertiary/aromatic N) is 2. The maximum atomic E-state index is 4.36. The minimum atomic E-state index is 0.943. The van der Waals surface area contributed by atoms with Crippen molar-refractivity contribution in [3.8, 4) is 11.1 Å².